The Morgan fingerprint density at radius 1 is 1.06 bits per heavy atom. The van der Waals surface area contributed by atoms with Gasteiger partial charge in [-0.2, -0.15) is 26.3 Å². The summed E-state index contributed by atoms with van der Waals surface area (Å²) >= 11 is 3.36. The van der Waals surface area contributed by atoms with E-state index < -0.39 is 40.8 Å². The van der Waals surface area contributed by atoms with Gasteiger partial charge in [0.05, 0.1) is 22.9 Å². The molecule has 3 aromatic rings. The molecule has 0 saturated carbocycles. The molecule has 1 aromatic heterocycles. The topological polar surface area (TPSA) is 43.3 Å². The number of benzene rings is 2. The van der Waals surface area contributed by atoms with Crippen LogP contribution in [0, 0.1) is 0 Å². The summed E-state index contributed by atoms with van der Waals surface area (Å²) in [6.07, 6.45) is -6.96. The Kier molecular flexibility index (Phi) is 6.80. The van der Waals surface area contributed by atoms with Crippen molar-refractivity contribution in [3.63, 3.8) is 0 Å². The number of alkyl halides is 6. The standard InChI is InChI=1S/C23H19BrF6N2O2/c1-4-34-21(2,3)11-13-12-32(19-6-5-16(24)10-18(13)19)20(33)31-17-8-14(22(25,26)27)7-15(9-17)23(28,29)30/h4-10,12H,1,11H2,2-3H3,(H,31,33). The lowest BCUT2D eigenvalue weighted by atomic mass is 9.98. The number of nitrogens with zero attached hydrogens (tertiary/aromatic N) is 1. The van der Waals surface area contributed by atoms with Gasteiger partial charge in [0.15, 0.2) is 0 Å². The second-order valence-corrected chi connectivity index (χ2v) is 9.05. The molecule has 34 heavy (non-hydrogen) atoms. The van der Waals surface area contributed by atoms with E-state index in [1.54, 1.807) is 32.0 Å². The lowest BCUT2D eigenvalue weighted by molar-refractivity contribution is -0.143. The molecule has 1 amide bonds. The van der Waals surface area contributed by atoms with Crippen molar-refractivity contribution in [2.75, 3.05) is 5.32 Å². The number of rotatable bonds is 5. The summed E-state index contributed by atoms with van der Waals surface area (Å²) in [4.78, 5) is 13.0. The molecule has 0 aliphatic heterocycles. The molecular formula is C23H19BrF6N2O2. The van der Waals surface area contributed by atoms with Gasteiger partial charge >= 0.3 is 18.4 Å². The fourth-order valence-corrected chi connectivity index (χ4v) is 3.88. The van der Waals surface area contributed by atoms with Crippen molar-refractivity contribution in [2.45, 2.75) is 38.2 Å². The molecular weight excluding hydrogens is 530 g/mol. The predicted octanol–water partition coefficient (Wildman–Crippen LogP) is 8.00. The van der Waals surface area contributed by atoms with Crippen molar-refractivity contribution in [3.05, 3.63) is 76.6 Å². The fraction of sp³-hybridized carbons (Fsp3) is 0.261. The third kappa shape index (κ3) is 5.75. The van der Waals surface area contributed by atoms with Gasteiger partial charge in [0, 0.05) is 28.2 Å². The Balaban J connectivity index is 2.05. The van der Waals surface area contributed by atoms with E-state index >= 15 is 0 Å². The number of anilines is 1. The molecule has 0 aliphatic carbocycles. The van der Waals surface area contributed by atoms with Crippen LogP contribution in [0.3, 0.4) is 0 Å². The van der Waals surface area contributed by atoms with Gasteiger partial charge in [-0.15, -0.1) is 0 Å². The quantitative estimate of drug-likeness (QED) is 0.259. The van der Waals surface area contributed by atoms with Crippen molar-refractivity contribution < 1.29 is 35.9 Å². The van der Waals surface area contributed by atoms with Gasteiger partial charge in [-0.1, -0.05) is 22.5 Å². The number of aromatic nitrogens is 1. The highest BCUT2D eigenvalue weighted by Gasteiger charge is 2.37. The number of ether oxygens (including phenoxy) is 1. The van der Waals surface area contributed by atoms with Crippen LogP contribution in [0.5, 0.6) is 0 Å². The molecule has 0 unspecified atom stereocenters. The Hall–Kier alpha value is -2.95. The van der Waals surface area contributed by atoms with Crippen LogP contribution in [0.25, 0.3) is 10.9 Å². The van der Waals surface area contributed by atoms with Gasteiger partial charge in [-0.25, -0.2) is 4.79 Å². The first kappa shape index (κ1) is 25.7. The summed E-state index contributed by atoms with van der Waals surface area (Å²) in [6.45, 7) is 7.14. The Bertz CT molecular complexity index is 1210. The van der Waals surface area contributed by atoms with Gasteiger partial charge in [-0.3, -0.25) is 4.57 Å². The van der Waals surface area contributed by atoms with Crippen LogP contribution in [0.1, 0.15) is 30.5 Å². The number of carbonyl (C=O) groups excluding carboxylic acids is 1. The van der Waals surface area contributed by atoms with Gasteiger partial charge in [0.25, 0.3) is 0 Å². The lowest BCUT2D eigenvalue weighted by Gasteiger charge is -2.23. The molecule has 0 atom stereocenters. The Morgan fingerprint density at radius 2 is 1.65 bits per heavy atom. The predicted molar refractivity (Wildman–Crippen MR) is 120 cm³/mol. The van der Waals surface area contributed by atoms with Crippen LogP contribution in [0.4, 0.5) is 36.8 Å². The van der Waals surface area contributed by atoms with E-state index in [9.17, 15) is 31.1 Å². The first-order chi connectivity index (χ1) is 15.6. The SMILES string of the molecule is C=COC(C)(C)Cc1cn(C(=O)Nc2cc(C(F)(F)F)cc(C(F)(F)F)c2)c2ccc(Br)cc12. The third-order valence-electron chi connectivity index (χ3n) is 4.93. The molecule has 0 spiro atoms. The molecule has 0 aliphatic rings. The van der Waals surface area contributed by atoms with Crippen LogP contribution in [0.2, 0.25) is 0 Å². The summed E-state index contributed by atoms with van der Waals surface area (Å²) in [6, 6.07) is 5.01. The van der Waals surface area contributed by atoms with Crippen molar-refractivity contribution in [2.24, 2.45) is 0 Å². The molecule has 3 rings (SSSR count). The minimum Gasteiger partial charge on any atom is -0.496 e. The number of fused-ring (bicyclic) bond motifs is 1. The second-order valence-electron chi connectivity index (χ2n) is 8.13. The zero-order valence-corrected chi connectivity index (χ0v) is 19.5. The summed E-state index contributed by atoms with van der Waals surface area (Å²) in [5, 5.41) is 2.81. The number of nitrogens with one attached hydrogen (secondary N) is 1. The number of amides is 1. The molecule has 0 saturated heterocycles. The highest BCUT2D eigenvalue weighted by atomic mass is 79.9. The van der Waals surface area contributed by atoms with Crippen LogP contribution in [-0.4, -0.2) is 16.2 Å². The van der Waals surface area contributed by atoms with Crippen LogP contribution in [0.15, 0.2) is 59.9 Å². The zero-order chi connectivity index (χ0) is 25.5. The van der Waals surface area contributed by atoms with Crippen LogP contribution in [-0.2, 0) is 23.5 Å². The molecule has 182 valence electrons. The largest absolute Gasteiger partial charge is 0.496 e. The molecule has 1 heterocycles. The Morgan fingerprint density at radius 3 is 2.18 bits per heavy atom. The van der Waals surface area contributed by atoms with E-state index in [2.05, 4.69) is 27.8 Å². The number of halogens is 7. The average molecular weight is 549 g/mol. The normalized spacial score (nSPS) is 12.6. The minimum atomic E-state index is -5.03. The van der Waals surface area contributed by atoms with E-state index in [0.29, 0.717) is 35.0 Å². The van der Waals surface area contributed by atoms with Gasteiger partial charge < -0.3 is 10.1 Å². The monoisotopic (exact) mass is 548 g/mol. The molecule has 4 nitrogen and oxygen atoms in total. The molecule has 11 heteroatoms. The fourth-order valence-electron chi connectivity index (χ4n) is 3.52. The van der Waals surface area contributed by atoms with Gasteiger partial charge in [0.1, 0.15) is 5.60 Å². The number of hydrogen-bond donors (Lipinski definition) is 1. The summed E-state index contributed by atoms with van der Waals surface area (Å²) in [5.74, 6) is 0. The highest BCUT2D eigenvalue weighted by molar-refractivity contribution is 9.10. The minimum absolute atomic E-state index is 0.00195. The molecule has 0 fully saturated rings. The molecule has 2 aromatic carbocycles. The van der Waals surface area contributed by atoms with Gasteiger partial charge in [-0.05, 0) is 55.8 Å². The Labute approximate surface area is 199 Å². The lowest BCUT2D eigenvalue weighted by Crippen LogP contribution is -2.25. The average Bonchev–Trinajstić information content (AvgIpc) is 3.03. The maximum absolute atomic E-state index is 13.2. The van der Waals surface area contributed by atoms with E-state index in [1.807, 2.05) is 0 Å². The summed E-state index contributed by atoms with van der Waals surface area (Å²) in [5.41, 5.74) is -3.29. The van der Waals surface area contributed by atoms with Crippen molar-refractivity contribution in [3.8, 4) is 0 Å². The van der Waals surface area contributed by atoms with Crippen molar-refractivity contribution in [1.82, 2.24) is 4.57 Å². The molecule has 0 radical (unpaired) electrons. The van der Waals surface area contributed by atoms with Crippen molar-refractivity contribution >= 4 is 38.6 Å². The maximum Gasteiger partial charge on any atom is 0.416 e. The third-order valence-corrected chi connectivity index (χ3v) is 5.42. The smallest absolute Gasteiger partial charge is 0.416 e. The van der Waals surface area contributed by atoms with E-state index in [-0.39, 0.29) is 6.07 Å². The van der Waals surface area contributed by atoms with Crippen molar-refractivity contribution in [1.29, 1.82) is 0 Å². The van der Waals surface area contributed by atoms with E-state index in [0.717, 1.165) is 9.04 Å². The van der Waals surface area contributed by atoms with Crippen LogP contribution >= 0.6 is 15.9 Å². The zero-order valence-electron chi connectivity index (χ0n) is 17.9. The number of carbonyl (C=O) groups is 1. The van der Waals surface area contributed by atoms with E-state index in [1.165, 1.54) is 12.5 Å². The first-order valence-electron chi connectivity index (χ1n) is 9.80. The van der Waals surface area contributed by atoms with Gasteiger partial charge in [0.2, 0.25) is 0 Å². The summed E-state index contributed by atoms with van der Waals surface area (Å²) < 4.78 is 86.3. The van der Waals surface area contributed by atoms with Crippen LogP contribution < -0.4 is 5.32 Å². The summed E-state index contributed by atoms with van der Waals surface area (Å²) in [7, 11) is 0. The van der Waals surface area contributed by atoms with E-state index in [4.69, 9.17) is 4.74 Å². The molecule has 1 N–H and O–H groups in total. The highest BCUT2D eigenvalue weighted by Crippen LogP contribution is 2.38. The maximum atomic E-state index is 13.2. The second kappa shape index (κ2) is 9.01. The first-order valence-corrected chi connectivity index (χ1v) is 10.6. The number of hydrogen-bond acceptors (Lipinski definition) is 2. The molecule has 0 bridgehead atoms.